The largest absolute Gasteiger partial charge is 0.395 e. The number of anilines is 1. The Balaban J connectivity index is 0.777. The van der Waals surface area contributed by atoms with Gasteiger partial charge in [0.25, 0.3) is 5.91 Å². The number of carbonyl (C=O) groups excluding carboxylic acids is 3. The van der Waals surface area contributed by atoms with Crippen molar-refractivity contribution < 1.29 is 23.9 Å². The first kappa shape index (κ1) is 41.0. The van der Waals surface area contributed by atoms with Gasteiger partial charge >= 0.3 is 0 Å². The minimum atomic E-state index is -0.699. The molecule has 4 aliphatic heterocycles. The Bertz CT molecular complexity index is 2130. The van der Waals surface area contributed by atoms with Gasteiger partial charge in [-0.25, -0.2) is 9.37 Å². The van der Waals surface area contributed by atoms with Gasteiger partial charge in [0.15, 0.2) is 5.65 Å². The number of likely N-dealkylation sites (tertiary alicyclic amines) is 1. The van der Waals surface area contributed by atoms with E-state index in [4.69, 9.17) is 10.1 Å². The summed E-state index contributed by atoms with van der Waals surface area (Å²) in [7, 11) is 0. The van der Waals surface area contributed by atoms with E-state index in [2.05, 4.69) is 57.3 Å². The van der Waals surface area contributed by atoms with E-state index in [9.17, 15) is 23.9 Å². The number of aliphatic hydroxyl groups excluding tert-OH is 1. The first-order valence-corrected chi connectivity index (χ1v) is 22.0. The van der Waals surface area contributed by atoms with Gasteiger partial charge in [-0.1, -0.05) is 62.4 Å². The van der Waals surface area contributed by atoms with E-state index in [0.717, 1.165) is 117 Å². The van der Waals surface area contributed by atoms with Crippen molar-refractivity contribution in [2.24, 2.45) is 0 Å². The molecule has 4 aromatic rings. The van der Waals surface area contributed by atoms with E-state index in [1.807, 2.05) is 10.6 Å². The van der Waals surface area contributed by atoms with Crippen molar-refractivity contribution >= 4 is 29.2 Å². The SMILES string of the molecule is Cc1nn2c(N3CCN(CCO)CC3)cc(CCCCCCCCCN3CCC(c4cc(F)cc5c4CN(C4CCC(=O)NC4=O)C5=O)CC3)nc2c1-c1ccccc1. The van der Waals surface area contributed by atoms with Gasteiger partial charge in [0.2, 0.25) is 11.8 Å². The van der Waals surface area contributed by atoms with Crippen LogP contribution in [0.1, 0.15) is 109 Å². The molecule has 0 radical (unpaired) electrons. The summed E-state index contributed by atoms with van der Waals surface area (Å²) in [4.78, 5) is 51.5. The van der Waals surface area contributed by atoms with Crippen LogP contribution in [0.25, 0.3) is 16.8 Å². The molecule has 3 amide bonds. The van der Waals surface area contributed by atoms with Crippen molar-refractivity contribution in [1.29, 1.82) is 0 Å². The Hall–Kier alpha value is -4.72. The number of amides is 3. The number of hydrogen-bond donors (Lipinski definition) is 2. The lowest BCUT2D eigenvalue weighted by molar-refractivity contribution is -0.136. The van der Waals surface area contributed by atoms with Crippen LogP contribution >= 0.6 is 0 Å². The molecule has 6 heterocycles. The number of aryl methyl sites for hydroxylation is 2. The minimum absolute atomic E-state index is 0.178. The molecular weight excluding hydrogens is 748 g/mol. The molecule has 59 heavy (non-hydrogen) atoms. The van der Waals surface area contributed by atoms with Gasteiger partial charge in [0, 0.05) is 68.6 Å². The maximum Gasteiger partial charge on any atom is 0.255 e. The second-order valence-electron chi connectivity index (χ2n) is 17.0. The fourth-order valence-corrected chi connectivity index (χ4v) is 9.81. The Morgan fingerprint density at radius 3 is 2.27 bits per heavy atom. The molecule has 3 saturated heterocycles. The summed E-state index contributed by atoms with van der Waals surface area (Å²) >= 11 is 0. The summed E-state index contributed by atoms with van der Waals surface area (Å²) in [6, 6.07) is 14.9. The molecule has 314 valence electrons. The van der Waals surface area contributed by atoms with Gasteiger partial charge in [-0.05, 0) is 99.8 Å². The number of hydrogen-bond acceptors (Lipinski definition) is 9. The molecule has 4 aliphatic rings. The highest BCUT2D eigenvalue weighted by Gasteiger charge is 2.41. The lowest BCUT2D eigenvalue weighted by atomic mass is 9.85. The van der Waals surface area contributed by atoms with Crippen LogP contribution < -0.4 is 10.2 Å². The highest BCUT2D eigenvalue weighted by molar-refractivity contribution is 6.05. The van der Waals surface area contributed by atoms with E-state index in [-0.39, 0.29) is 37.3 Å². The summed E-state index contributed by atoms with van der Waals surface area (Å²) in [6.45, 7) is 9.87. The fourth-order valence-electron chi connectivity index (χ4n) is 9.81. The van der Waals surface area contributed by atoms with Crippen LogP contribution in [-0.2, 0) is 22.6 Å². The number of aromatic nitrogens is 3. The second-order valence-corrected chi connectivity index (χ2v) is 17.0. The van der Waals surface area contributed by atoms with Gasteiger partial charge < -0.3 is 19.8 Å². The number of benzene rings is 2. The third-order valence-electron chi connectivity index (χ3n) is 13.1. The molecule has 0 aliphatic carbocycles. The van der Waals surface area contributed by atoms with Crippen LogP contribution in [0.15, 0.2) is 48.5 Å². The number of carbonyl (C=O) groups is 3. The predicted molar refractivity (Wildman–Crippen MR) is 226 cm³/mol. The Kier molecular flexibility index (Phi) is 13.0. The van der Waals surface area contributed by atoms with Crippen LogP contribution in [0, 0.1) is 12.7 Å². The fraction of sp³-hybridized carbons (Fsp3) is 0.543. The van der Waals surface area contributed by atoms with Crippen molar-refractivity contribution in [3.05, 3.63) is 82.4 Å². The second kappa shape index (κ2) is 18.7. The smallest absolute Gasteiger partial charge is 0.255 e. The van der Waals surface area contributed by atoms with Gasteiger partial charge in [0.1, 0.15) is 17.7 Å². The number of imide groups is 1. The maximum absolute atomic E-state index is 14.8. The number of nitrogens with zero attached hydrogens (tertiary/aromatic N) is 7. The number of halogens is 1. The average Bonchev–Trinajstić information content (AvgIpc) is 3.75. The van der Waals surface area contributed by atoms with Crippen LogP contribution in [0.5, 0.6) is 0 Å². The molecule has 0 saturated carbocycles. The normalized spacial score (nSPS) is 19.6. The molecule has 0 spiro atoms. The topological polar surface area (TPSA) is 127 Å². The summed E-state index contributed by atoms with van der Waals surface area (Å²) in [5.74, 6) is -0.204. The van der Waals surface area contributed by atoms with Crippen LogP contribution in [0.4, 0.5) is 10.2 Å². The number of rotatable bonds is 16. The Morgan fingerprint density at radius 1 is 0.831 bits per heavy atom. The first-order chi connectivity index (χ1) is 28.8. The van der Waals surface area contributed by atoms with Crippen LogP contribution in [-0.4, -0.2) is 117 Å². The molecule has 8 rings (SSSR count). The quantitative estimate of drug-likeness (QED) is 0.106. The standard InChI is InChI=1S/C46H59FN8O4/c1-32-43(34-12-8-7-9-13-34)44-48-36(30-42(55(44)50-32)53-24-22-52(23-25-53)26-27-56)14-10-5-3-2-4-6-11-19-51-20-17-33(18-21-51)37-28-35(47)29-38-39(37)31-54(46(38)59)40-15-16-41(57)49-45(40)58/h7-9,12-13,28-30,33,40,56H,2-6,10-11,14-27,31H2,1H3,(H,49,57,58). The van der Waals surface area contributed by atoms with Crippen LogP contribution in [0.2, 0.25) is 0 Å². The number of unbranched alkanes of at least 4 members (excludes halogenated alkanes) is 6. The van der Waals surface area contributed by atoms with Crippen LogP contribution in [0.3, 0.4) is 0 Å². The highest BCUT2D eigenvalue weighted by Crippen LogP contribution is 2.38. The Labute approximate surface area is 346 Å². The molecule has 1 unspecified atom stereocenters. The van der Waals surface area contributed by atoms with E-state index in [0.29, 0.717) is 18.5 Å². The third kappa shape index (κ3) is 9.22. The average molecular weight is 807 g/mol. The Morgan fingerprint density at radius 2 is 1.54 bits per heavy atom. The molecule has 3 fully saturated rings. The van der Waals surface area contributed by atoms with Crippen molar-refractivity contribution in [1.82, 2.24) is 34.6 Å². The number of piperazine rings is 1. The zero-order valence-corrected chi connectivity index (χ0v) is 34.5. The number of aliphatic hydroxyl groups is 1. The molecule has 1 atom stereocenters. The molecule has 2 aromatic carbocycles. The number of nitrogens with one attached hydrogen (secondary N) is 1. The maximum atomic E-state index is 14.8. The first-order valence-electron chi connectivity index (χ1n) is 22.0. The summed E-state index contributed by atoms with van der Waals surface area (Å²) in [5.41, 5.74) is 7.38. The molecule has 13 heteroatoms. The van der Waals surface area contributed by atoms with Crippen molar-refractivity contribution in [2.45, 2.75) is 102 Å². The van der Waals surface area contributed by atoms with E-state index >= 15 is 0 Å². The molecule has 2 N–H and O–H groups in total. The number of β-amino-alcohol motifs (C(OH)–C–C–N with tert-alkyl or cyclic N) is 1. The monoisotopic (exact) mass is 806 g/mol. The zero-order chi connectivity index (χ0) is 40.9. The van der Waals surface area contributed by atoms with E-state index < -0.39 is 17.8 Å². The zero-order valence-electron chi connectivity index (χ0n) is 34.5. The lowest BCUT2D eigenvalue weighted by Crippen LogP contribution is -2.52. The molecule has 12 nitrogen and oxygen atoms in total. The van der Waals surface area contributed by atoms with Gasteiger partial charge in [-0.2, -0.15) is 9.61 Å². The van der Waals surface area contributed by atoms with E-state index in [1.165, 1.54) is 49.5 Å². The van der Waals surface area contributed by atoms with Crippen molar-refractivity contribution in [3.63, 3.8) is 0 Å². The van der Waals surface area contributed by atoms with Crippen molar-refractivity contribution in [2.75, 3.05) is 63.9 Å². The predicted octanol–water partition coefficient (Wildman–Crippen LogP) is 5.87. The molecule has 2 aromatic heterocycles. The summed E-state index contributed by atoms with van der Waals surface area (Å²) in [6.07, 6.45) is 11.6. The van der Waals surface area contributed by atoms with E-state index in [1.54, 1.807) is 6.07 Å². The van der Waals surface area contributed by atoms with Gasteiger partial charge in [-0.15, -0.1) is 0 Å². The molecular formula is C46H59FN8O4. The molecule has 0 bridgehead atoms. The number of fused-ring (bicyclic) bond motifs is 2. The third-order valence-corrected chi connectivity index (χ3v) is 13.1. The van der Waals surface area contributed by atoms with Crippen molar-refractivity contribution in [3.8, 4) is 11.1 Å². The highest BCUT2D eigenvalue weighted by atomic mass is 19.1. The lowest BCUT2D eigenvalue weighted by Gasteiger charge is -2.35. The summed E-state index contributed by atoms with van der Waals surface area (Å²) in [5, 5.41) is 16.8. The van der Waals surface area contributed by atoms with Gasteiger partial charge in [0.05, 0.1) is 12.3 Å². The number of piperidine rings is 2. The summed E-state index contributed by atoms with van der Waals surface area (Å²) < 4.78 is 16.9. The minimum Gasteiger partial charge on any atom is -0.395 e. The van der Waals surface area contributed by atoms with Gasteiger partial charge in [-0.3, -0.25) is 24.6 Å².